The Morgan fingerprint density at radius 2 is 1.96 bits per heavy atom. The molecule has 1 saturated carbocycles. The lowest BCUT2D eigenvalue weighted by atomic mass is 9.64. The summed E-state index contributed by atoms with van der Waals surface area (Å²) < 4.78 is 15.6. The summed E-state index contributed by atoms with van der Waals surface area (Å²) >= 11 is 0. The maximum atomic E-state index is 14.2. The first-order chi connectivity index (χ1) is 12.2. The van der Waals surface area contributed by atoms with Gasteiger partial charge in [-0.1, -0.05) is 36.8 Å². The molecule has 1 fully saturated rings. The second kappa shape index (κ2) is 6.08. The van der Waals surface area contributed by atoms with E-state index in [2.05, 4.69) is 20.8 Å². The lowest BCUT2D eigenvalue weighted by Crippen LogP contribution is -2.46. The van der Waals surface area contributed by atoms with Crippen LogP contribution >= 0.6 is 0 Å². The number of hydrogen-bond acceptors (Lipinski definition) is 4. The third kappa shape index (κ3) is 2.67. The van der Waals surface area contributed by atoms with E-state index in [-0.39, 0.29) is 11.6 Å². The Morgan fingerprint density at radius 1 is 1.16 bits per heavy atom. The number of amides is 1. The molecule has 0 atom stereocenters. The summed E-state index contributed by atoms with van der Waals surface area (Å²) in [5, 5.41) is 13.7. The van der Waals surface area contributed by atoms with Crippen molar-refractivity contribution < 1.29 is 9.18 Å². The lowest BCUT2D eigenvalue weighted by molar-refractivity contribution is -0.124. The van der Waals surface area contributed by atoms with Gasteiger partial charge in [0.15, 0.2) is 0 Å². The van der Waals surface area contributed by atoms with Crippen LogP contribution in [0.1, 0.15) is 24.8 Å². The highest BCUT2D eigenvalue weighted by Crippen LogP contribution is 2.44. The number of carbonyl (C=O) groups excluding carboxylic acids is 1. The number of halogens is 1. The number of tetrazole rings is 1. The summed E-state index contributed by atoms with van der Waals surface area (Å²) in [6.45, 7) is 0. The van der Waals surface area contributed by atoms with Crippen LogP contribution in [0.15, 0.2) is 54.9 Å². The fourth-order valence-corrected chi connectivity index (χ4v) is 3.21. The number of anilines is 1. The monoisotopic (exact) mass is 337 g/mol. The minimum atomic E-state index is -0.585. The Morgan fingerprint density at radius 3 is 2.60 bits per heavy atom. The Balaban J connectivity index is 1.63. The van der Waals surface area contributed by atoms with Crippen molar-refractivity contribution in [1.29, 1.82) is 0 Å². The molecular formula is C18H16FN5O. The lowest BCUT2D eigenvalue weighted by Gasteiger charge is -2.40. The molecule has 1 heterocycles. The van der Waals surface area contributed by atoms with Gasteiger partial charge in [0.05, 0.1) is 16.8 Å². The number of carbonyl (C=O) groups is 1. The van der Waals surface area contributed by atoms with E-state index in [1.165, 1.54) is 23.1 Å². The van der Waals surface area contributed by atoms with Crippen molar-refractivity contribution >= 4 is 11.6 Å². The van der Waals surface area contributed by atoms with E-state index in [4.69, 9.17) is 0 Å². The average molecular weight is 337 g/mol. The number of hydrogen-bond donors (Lipinski definition) is 1. The first-order valence-corrected chi connectivity index (χ1v) is 8.09. The number of benzene rings is 2. The topological polar surface area (TPSA) is 72.7 Å². The van der Waals surface area contributed by atoms with Gasteiger partial charge in [-0.15, -0.1) is 5.10 Å². The van der Waals surface area contributed by atoms with Gasteiger partial charge in [-0.2, -0.15) is 0 Å². The molecule has 7 heteroatoms. The zero-order valence-electron chi connectivity index (χ0n) is 13.4. The van der Waals surface area contributed by atoms with Gasteiger partial charge < -0.3 is 5.32 Å². The first kappa shape index (κ1) is 15.4. The van der Waals surface area contributed by atoms with Crippen molar-refractivity contribution in [3.05, 3.63) is 66.2 Å². The van der Waals surface area contributed by atoms with E-state index in [1.807, 2.05) is 30.3 Å². The van der Waals surface area contributed by atoms with Gasteiger partial charge in [-0.05, 0) is 47.0 Å². The zero-order chi connectivity index (χ0) is 17.3. The Hall–Kier alpha value is -3.09. The predicted octanol–water partition coefficient (Wildman–Crippen LogP) is 2.86. The normalized spacial score (nSPS) is 15.4. The fraction of sp³-hybridized carbons (Fsp3) is 0.222. The number of nitrogens with zero attached hydrogens (tertiary/aromatic N) is 4. The van der Waals surface area contributed by atoms with Crippen LogP contribution < -0.4 is 5.32 Å². The van der Waals surface area contributed by atoms with Crippen molar-refractivity contribution in [3.8, 4) is 5.69 Å². The molecule has 1 aromatic heterocycles. The van der Waals surface area contributed by atoms with E-state index in [1.54, 1.807) is 6.07 Å². The molecule has 6 nitrogen and oxygen atoms in total. The summed E-state index contributed by atoms with van der Waals surface area (Å²) in [5.41, 5.74) is 1.08. The van der Waals surface area contributed by atoms with Crippen molar-refractivity contribution in [3.63, 3.8) is 0 Å². The number of nitrogens with one attached hydrogen (secondary N) is 1. The summed E-state index contributed by atoms with van der Waals surface area (Å²) in [6.07, 6.45) is 3.92. The molecule has 126 valence electrons. The molecule has 2 aromatic carbocycles. The standard InChI is InChI=1S/C18H16FN5O/c19-15-8-7-14(24-12-20-22-23-24)11-16(15)21-17(25)18(9-4-10-18)13-5-2-1-3-6-13/h1-3,5-8,11-12H,4,9-10H2,(H,21,25). The highest BCUT2D eigenvalue weighted by Gasteiger charge is 2.45. The van der Waals surface area contributed by atoms with Crippen LogP contribution in [-0.4, -0.2) is 26.1 Å². The van der Waals surface area contributed by atoms with E-state index in [9.17, 15) is 9.18 Å². The van der Waals surface area contributed by atoms with Crippen LogP contribution in [0.2, 0.25) is 0 Å². The minimum absolute atomic E-state index is 0.125. The smallest absolute Gasteiger partial charge is 0.235 e. The molecular weight excluding hydrogens is 321 g/mol. The van der Waals surface area contributed by atoms with Crippen molar-refractivity contribution in [2.75, 3.05) is 5.32 Å². The molecule has 0 bridgehead atoms. The third-order valence-electron chi connectivity index (χ3n) is 4.78. The van der Waals surface area contributed by atoms with Gasteiger partial charge in [0.1, 0.15) is 12.1 Å². The minimum Gasteiger partial charge on any atom is -0.323 e. The molecule has 1 aliphatic carbocycles. The summed E-state index contributed by atoms with van der Waals surface area (Å²) in [4.78, 5) is 12.9. The van der Waals surface area contributed by atoms with E-state index < -0.39 is 11.2 Å². The molecule has 3 aromatic rings. The van der Waals surface area contributed by atoms with Gasteiger partial charge in [0.2, 0.25) is 5.91 Å². The molecule has 0 spiro atoms. The molecule has 4 rings (SSSR count). The van der Waals surface area contributed by atoms with E-state index >= 15 is 0 Å². The van der Waals surface area contributed by atoms with Gasteiger partial charge in [-0.3, -0.25) is 4.79 Å². The van der Waals surface area contributed by atoms with Crippen LogP contribution in [0.3, 0.4) is 0 Å². The second-order valence-corrected chi connectivity index (χ2v) is 6.17. The maximum Gasteiger partial charge on any atom is 0.235 e. The zero-order valence-corrected chi connectivity index (χ0v) is 13.4. The molecule has 25 heavy (non-hydrogen) atoms. The van der Waals surface area contributed by atoms with Crippen molar-refractivity contribution in [2.45, 2.75) is 24.7 Å². The first-order valence-electron chi connectivity index (χ1n) is 8.09. The van der Waals surface area contributed by atoms with Crippen LogP contribution in [0, 0.1) is 5.82 Å². The second-order valence-electron chi connectivity index (χ2n) is 6.17. The average Bonchev–Trinajstić information content (AvgIpc) is 3.11. The number of aromatic nitrogens is 4. The predicted molar refractivity (Wildman–Crippen MR) is 89.7 cm³/mol. The van der Waals surface area contributed by atoms with Crippen LogP contribution in [0.5, 0.6) is 0 Å². The fourth-order valence-electron chi connectivity index (χ4n) is 3.21. The highest BCUT2D eigenvalue weighted by atomic mass is 19.1. The van der Waals surface area contributed by atoms with Gasteiger partial charge in [0.25, 0.3) is 0 Å². The third-order valence-corrected chi connectivity index (χ3v) is 4.78. The largest absolute Gasteiger partial charge is 0.323 e. The molecule has 1 amide bonds. The van der Waals surface area contributed by atoms with Crippen LogP contribution in [0.4, 0.5) is 10.1 Å². The van der Waals surface area contributed by atoms with Crippen LogP contribution in [0.25, 0.3) is 5.69 Å². The Labute approximate surface area is 143 Å². The maximum absolute atomic E-state index is 14.2. The molecule has 0 aliphatic heterocycles. The van der Waals surface area contributed by atoms with Gasteiger partial charge >= 0.3 is 0 Å². The van der Waals surface area contributed by atoms with Crippen molar-refractivity contribution in [2.24, 2.45) is 0 Å². The van der Waals surface area contributed by atoms with Gasteiger partial charge in [0, 0.05) is 0 Å². The summed E-state index contributed by atoms with van der Waals surface area (Å²) in [7, 11) is 0. The highest BCUT2D eigenvalue weighted by molar-refractivity contribution is 6.00. The van der Waals surface area contributed by atoms with Gasteiger partial charge in [-0.25, -0.2) is 9.07 Å². The Kier molecular flexibility index (Phi) is 3.76. The number of rotatable bonds is 4. The van der Waals surface area contributed by atoms with Crippen LogP contribution in [-0.2, 0) is 10.2 Å². The Bertz CT molecular complexity index is 891. The molecule has 0 saturated heterocycles. The van der Waals surface area contributed by atoms with E-state index in [0.29, 0.717) is 5.69 Å². The SMILES string of the molecule is O=C(Nc1cc(-n2cnnn2)ccc1F)C1(c2ccccc2)CCC1. The molecule has 1 aliphatic rings. The summed E-state index contributed by atoms with van der Waals surface area (Å²) in [5.74, 6) is -0.676. The quantitative estimate of drug-likeness (QED) is 0.794. The molecule has 0 unspecified atom stereocenters. The molecule has 1 N–H and O–H groups in total. The summed E-state index contributed by atoms with van der Waals surface area (Å²) in [6, 6.07) is 14.0. The molecule has 0 radical (unpaired) electrons. The van der Waals surface area contributed by atoms with E-state index in [0.717, 1.165) is 24.8 Å². The van der Waals surface area contributed by atoms with Crippen molar-refractivity contribution in [1.82, 2.24) is 20.2 Å².